The maximum atomic E-state index is 11.5. The van der Waals surface area contributed by atoms with E-state index in [1.54, 1.807) is 0 Å². The smallest absolute Gasteiger partial charge is 0.323 e. The van der Waals surface area contributed by atoms with Crippen LogP contribution >= 0.6 is 0 Å². The van der Waals surface area contributed by atoms with Crippen LogP contribution < -0.4 is 10.6 Å². The van der Waals surface area contributed by atoms with Crippen molar-refractivity contribution in [3.8, 4) is 0 Å². The second-order valence-electron chi connectivity index (χ2n) is 3.99. The van der Waals surface area contributed by atoms with Crippen molar-refractivity contribution in [1.82, 2.24) is 10.6 Å². The van der Waals surface area contributed by atoms with Crippen molar-refractivity contribution in [2.45, 2.75) is 12.6 Å². The highest BCUT2D eigenvalue weighted by Gasteiger charge is 2.17. The number of aliphatic carboxylic acids is 1. The second-order valence-corrected chi connectivity index (χ2v) is 3.99. The van der Waals surface area contributed by atoms with E-state index in [0.29, 0.717) is 6.54 Å². The summed E-state index contributed by atoms with van der Waals surface area (Å²) in [4.78, 5) is 22.3. The largest absolute Gasteiger partial charge is 0.480 e. The first-order valence-electron chi connectivity index (χ1n) is 5.89. The van der Waals surface area contributed by atoms with Crippen LogP contribution in [0.25, 0.3) is 0 Å². The Morgan fingerprint density at radius 1 is 1.32 bits per heavy atom. The van der Waals surface area contributed by atoms with Crippen LogP contribution in [0.15, 0.2) is 30.3 Å². The zero-order chi connectivity index (χ0) is 14.1. The molecule has 0 spiro atoms. The molecule has 1 aromatic rings. The van der Waals surface area contributed by atoms with Gasteiger partial charge in [-0.15, -0.1) is 0 Å². The van der Waals surface area contributed by atoms with Crippen LogP contribution in [0.2, 0.25) is 0 Å². The lowest BCUT2D eigenvalue weighted by Crippen LogP contribution is -2.45. The molecule has 1 aromatic carbocycles. The second kappa shape index (κ2) is 8.23. The van der Waals surface area contributed by atoms with Gasteiger partial charge in [0.25, 0.3) is 0 Å². The normalized spacial score (nSPS) is 11.8. The molecule has 0 aliphatic heterocycles. The van der Waals surface area contributed by atoms with Crippen molar-refractivity contribution in [3.63, 3.8) is 0 Å². The molecule has 0 aliphatic carbocycles. The van der Waals surface area contributed by atoms with Crippen molar-refractivity contribution in [3.05, 3.63) is 35.9 Å². The highest BCUT2D eigenvalue weighted by Crippen LogP contribution is 1.96. The topological polar surface area (TPSA) is 87.7 Å². The van der Waals surface area contributed by atoms with Gasteiger partial charge in [0.05, 0.1) is 13.2 Å². The minimum Gasteiger partial charge on any atom is -0.480 e. The molecule has 0 radical (unpaired) electrons. The number of carboxylic acid groups (broad SMARTS) is 1. The highest BCUT2D eigenvalue weighted by molar-refractivity contribution is 5.79. The van der Waals surface area contributed by atoms with E-state index in [9.17, 15) is 9.59 Å². The highest BCUT2D eigenvalue weighted by atomic mass is 16.5. The third-order valence-electron chi connectivity index (χ3n) is 2.47. The van der Waals surface area contributed by atoms with Gasteiger partial charge in [-0.2, -0.15) is 0 Å². The molecule has 0 saturated heterocycles. The zero-order valence-corrected chi connectivity index (χ0v) is 10.8. The predicted octanol–water partition coefficient (Wildman–Crippen LogP) is -0.00800. The molecular formula is C13H18N2O4. The van der Waals surface area contributed by atoms with Gasteiger partial charge in [-0.05, 0) is 5.56 Å². The van der Waals surface area contributed by atoms with Crippen LogP contribution in [0.1, 0.15) is 5.56 Å². The lowest BCUT2D eigenvalue weighted by Gasteiger charge is -2.13. The molecule has 0 saturated carbocycles. The number of nitrogens with one attached hydrogen (secondary N) is 2. The lowest BCUT2D eigenvalue weighted by molar-refractivity contribution is -0.140. The SMILES string of the molecule is COCC(NCC(=O)NCc1ccccc1)C(=O)O. The van der Waals surface area contributed by atoms with Crippen molar-refractivity contribution in [2.75, 3.05) is 20.3 Å². The summed E-state index contributed by atoms with van der Waals surface area (Å²) in [6.07, 6.45) is 0. The minimum atomic E-state index is -1.04. The van der Waals surface area contributed by atoms with Gasteiger partial charge in [-0.1, -0.05) is 30.3 Å². The number of benzene rings is 1. The van der Waals surface area contributed by atoms with Crippen LogP contribution in [-0.2, 0) is 20.9 Å². The summed E-state index contributed by atoms with van der Waals surface area (Å²) in [6, 6.07) is 8.59. The van der Waals surface area contributed by atoms with Crippen LogP contribution in [0.3, 0.4) is 0 Å². The minimum absolute atomic E-state index is 0.0152. The van der Waals surface area contributed by atoms with Gasteiger partial charge >= 0.3 is 5.97 Å². The molecule has 19 heavy (non-hydrogen) atoms. The first-order chi connectivity index (χ1) is 9.13. The average molecular weight is 266 g/mol. The molecule has 1 unspecified atom stereocenters. The Labute approximate surface area is 111 Å². The number of carboxylic acids is 1. The average Bonchev–Trinajstić information content (AvgIpc) is 2.42. The fraction of sp³-hybridized carbons (Fsp3) is 0.385. The molecule has 6 nitrogen and oxygen atoms in total. The van der Waals surface area contributed by atoms with Crippen molar-refractivity contribution in [2.24, 2.45) is 0 Å². The maximum Gasteiger partial charge on any atom is 0.323 e. The van der Waals surface area contributed by atoms with Gasteiger partial charge < -0.3 is 15.2 Å². The Morgan fingerprint density at radius 2 is 2.00 bits per heavy atom. The number of amides is 1. The Hall–Kier alpha value is -1.92. The van der Waals surface area contributed by atoms with E-state index < -0.39 is 12.0 Å². The molecule has 0 fully saturated rings. The third kappa shape index (κ3) is 5.98. The molecule has 104 valence electrons. The summed E-state index contributed by atoms with van der Waals surface area (Å²) >= 11 is 0. The molecule has 0 bridgehead atoms. The summed E-state index contributed by atoms with van der Waals surface area (Å²) in [5, 5.41) is 14.2. The van der Waals surface area contributed by atoms with Gasteiger partial charge in [-0.25, -0.2) is 0 Å². The first-order valence-corrected chi connectivity index (χ1v) is 5.89. The maximum absolute atomic E-state index is 11.5. The van der Waals surface area contributed by atoms with Gasteiger partial charge in [0.1, 0.15) is 6.04 Å². The summed E-state index contributed by atoms with van der Waals surface area (Å²) in [5.41, 5.74) is 0.988. The van der Waals surface area contributed by atoms with Crippen LogP contribution in [0, 0.1) is 0 Å². The van der Waals surface area contributed by atoms with E-state index in [0.717, 1.165) is 5.56 Å². The lowest BCUT2D eigenvalue weighted by atomic mass is 10.2. The standard InChI is InChI=1S/C13H18N2O4/c1-19-9-11(13(17)18)14-8-12(16)15-7-10-5-3-2-4-6-10/h2-6,11,14H,7-9H2,1H3,(H,15,16)(H,17,18). The fourth-order valence-corrected chi connectivity index (χ4v) is 1.46. The number of ether oxygens (including phenoxy) is 1. The van der Waals surface area contributed by atoms with Gasteiger partial charge in [0.15, 0.2) is 0 Å². The predicted molar refractivity (Wildman–Crippen MR) is 69.6 cm³/mol. The van der Waals surface area contributed by atoms with Crippen LogP contribution in [0.5, 0.6) is 0 Å². The number of hydrogen-bond donors (Lipinski definition) is 3. The molecule has 1 atom stereocenters. The number of methoxy groups -OCH3 is 1. The van der Waals surface area contributed by atoms with Crippen molar-refractivity contribution < 1.29 is 19.4 Å². The fourth-order valence-electron chi connectivity index (χ4n) is 1.46. The van der Waals surface area contributed by atoms with E-state index in [1.807, 2.05) is 30.3 Å². The van der Waals surface area contributed by atoms with E-state index in [1.165, 1.54) is 7.11 Å². The third-order valence-corrected chi connectivity index (χ3v) is 2.47. The molecular weight excluding hydrogens is 248 g/mol. The summed E-state index contributed by atoms with van der Waals surface area (Å²) < 4.78 is 4.75. The van der Waals surface area contributed by atoms with Crippen molar-refractivity contribution >= 4 is 11.9 Å². The quantitative estimate of drug-likeness (QED) is 0.616. The summed E-state index contributed by atoms with van der Waals surface area (Å²) in [5.74, 6) is -1.30. The Bertz CT molecular complexity index is 408. The molecule has 1 amide bonds. The number of rotatable bonds is 8. The first kappa shape index (κ1) is 15.1. The van der Waals surface area contributed by atoms with Crippen molar-refractivity contribution in [1.29, 1.82) is 0 Å². The molecule has 1 rings (SSSR count). The van der Waals surface area contributed by atoms with Crippen LogP contribution in [0.4, 0.5) is 0 Å². The Morgan fingerprint density at radius 3 is 2.58 bits per heavy atom. The van der Waals surface area contributed by atoms with Gasteiger partial charge in [0.2, 0.25) is 5.91 Å². The number of carbonyl (C=O) groups is 2. The summed E-state index contributed by atoms with van der Waals surface area (Å²) in [6.45, 7) is 0.373. The molecule has 0 aliphatic rings. The van der Waals surface area contributed by atoms with Gasteiger partial charge in [-0.3, -0.25) is 14.9 Å². The molecule has 6 heteroatoms. The Kier molecular flexibility index (Phi) is 6.56. The van der Waals surface area contributed by atoms with Crippen LogP contribution in [-0.4, -0.2) is 43.3 Å². The zero-order valence-electron chi connectivity index (χ0n) is 10.8. The van der Waals surface area contributed by atoms with E-state index >= 15 is 0 Å². The molecule has 0 aromatic heterocycles. The van der Waals surface area contributed by atoms with Gasteiger partial charge in [0, 0.05) is 13.7 Å². The monoisotopic (exact) mass is 266 g/mol. The Balaban J connectivity index is 2.29. The molecule has 0 heterocycles. The number of hydrogen-bond acceptors (Lipinski definition) is 4. The molecule has 3 N–H and O–H groups in total. The van der Waals surface area contributed by atoms with E-state index in [-0.39, 0.29) is 19.1 Å². The summed E-state index contributed by atoms with van der Waals surface area (Å²) in [7, 11) is 1.41. The van der Waals surface area contributed by atoms with E-state index in [4.69, 9.17) is 9.84 Å². The number of carbonyl (C=O) groups excluding carboxylic acids is 1. The van der Waals surface area contributed by atoms with E-state index in [2.05, 4.69) is 10.6 Å².